The Morgan fingerprint density at radius 2 is 0.686 bits per heavy atom. The number of rotatable bonds is 0. The van der Waals surface area contributed by atoms with Crippen molar-refractivity contribution in [1.29, 1.82) is 0 Å². The number of aliphatic carboxylic acids is 2. The van der Waals surface area contributed by atoms with Crippen molar-refractivity contribution in [2.75, 3.05) is 0 Å². The van der Waals surface area contributed by atoms with Crippen LogP contribution in [-0.4, -0.2) is 42.1 Å². The van der Waals surface area contributed by atoms with E-state index in [0.29, 0.717) is 0 Å². The Bertz CT molecular complexity index is 1410. The van der Waals surface area contributed by atoms with E-state index < -0.39 is 11.9 Å². The fourth-order valence-corrected chi connectivity index (χ4v) is 3.36. The maximum absolute atomic E-state index is 9.10. The van der Waals surface area contributed by atoms with E-state index in [0.717, 1.165) is 43.6 Å². The molecular weight excluding hydrogens is 533 g/mol. The van der Waals surface area contributed by atoms with Crippen molar-refractivity contribution in [3.8, 4) is 0 Å². The van der Waals surface area contributed by atoms with Gasteiger partial charge in [0, 0.05) is 65.8 Å². The van der Waals surface area contributed by atoms with Gasteiger partial charge in [-0.1, -0.05) is 48.5 Å². The molecule has 2 aromatic carbocycles. The number of carboxylic acid groups (broad SMARTS) is 2. The zero-order valence-electron chi connectivity index (χ0n) is 18.1. The van der Waals surface area contributed by atoms with Gasteiger partial charge in [-0.2, -0.15) is 0 Å². The van der Waals surface area contributed by atoms with Gasteiger partial charge in [-0.3, -0.25) is 19.9 Å². The molecule has 6 rings (SSSR count). The van der Waals surface area contributed by atoms with E-state index in [-0.39, 0.29) is 19.5 Å². The van der Waals surface area contributed by atoms with Gasteiger partial charge >= 0.3 is 11.9 Å². The molecule has 0 unspecified atom stereocenters. The molecule has 2 N–H and O–H groups in total. The number of carbonyl (C=O) groups is 2. The van der Waals surface area contributed by atoms with Crippen molar-refractivity contribution in [3.05, 3.63) is 97.6 Å². The Hall–Kier alpha value is -4.36. The van der Waals surface area contributed by atoms with Gasteiger partial charge in [0.1, 0.15) is 0 Å². The number of benzene rings is 2. The van der Waals surface area contributed by atoms with Gasteiger partial charge < -0.3 is 10.2 Å². The van der Waals surface area contributed by atoms with Crippen molar-refractivity contribution in [2.45, 2.75) is 0 Å². The summed E-state index contributed by atoms with van der Waals surface area (Å²) in [5, 5.41) is 19.3. The first-order chi connectivity index (χ1) is 16.5. The molecule has 0 fully saturated rings. The largest absolute Gasteiger partial charge is 0.473 e. The number of fused-ring (bicyclic) bond motifs is 6. The van der Waals surface area contributed by atoms with Crippen LogP contribution in [-0.2, 0) is 29.1 Å². The fourth-order valence-electron chi connectivity index (χ4n) is 3.36. The number of hydrogen-bond acceptors (Lipinski definition) is 6. The van der Waals surface area contributed by atoms with Gasteiger partial charge in [-0.15, -0.1) is 0 Å². The summed E-state index contributed by atoms with van der Waals surface area (Å²) in [5.74, 6) is -3.65. The first-order valence-corrected chi connectivity index (χ1v) is 10.2. The molecule has 0 aliphatic carbocycles. The molecule has 0 atom stereocenters. The van der Waals surface area contributed by atoms with Crippen LogP contribution in [0.1, 0.15) is 0 Å². The third-order valence-corrected chi connectivity index (χ3v) is 4.87. The molecule has 4 heterocycles. The van der Waals surface area contributed by atoms with E-state index in [4.69, 9.17) is 19.8 Å². The second kappa shape index (κ2) is 11.7. The molecule has 0 aliphatic heterocycles. The first-order valence-electron chi connectivity index (χ1n) is 10.2. The maximum Gasteiger partial charge on any atom is 0.414 e. The minimum Gasteiger partial charge on any atom is -0.473 e. The van der Waals surface area contributed by atoms with Crippen molar-refractivity contribution in [3.63, 3.8) is 0 Å². The maximum atomic E-state index is 9.10. The Morgan fingerprint density at radius 1 is 0.457 bits per heavy atom. The van der Waals surface area contributed by atoms with E-state index >= 15 is 0 Å². The van der Waals surface area contributed by atoms with E-state index in [2.05, 4.69) is 68.5 Å². The average Bonchev–Trinajstić information content (AvgIpc) is 2.89. The summed E-state index contributed by atoms with van der Waals surface area (Å²) < 4.78 is 0. The monoisotopic (exact) mass is 552 g/mol. The zero-order valence-corrected chi connectivity index (χ0v) is 19.8. The quantitative estimate of drug-likeness (QED) is 0.158. The number of aromatic nitrogens is 4. The van der Waals surface area contributed by atoms with Crippen LogP contribution in [0.15, 0.2) is 97.6 Å². The number of hydrogen-bond donors (Lipinski definition) is 2. The molecule has 0 amide bonds. The molecule has 174 valence electrons. The Morgan fingerprint density at radius 3 is 0.886 bits per heavy atom. The molecule has 0 radical (unpaired) electrons. The van der Waals surface area contributed by atoms with Crippen molar-refractivity contribution in [1.82, 2.24) is 19.9 Å². The first kappa shape index (κ1) is 25.3. The topological polar surface area (TPSA) is 126 Å². The molecular formula is C26H18N4O4Ru. The van der Waals surface area contributed by atoms with Crippen LogP contribution in [0.3, 0.4) is 0 Å². The summed E-state index contributed by atoms with van der Waals surface area (Å²) >= 11 is 0. The SMILES string of the molecule is O=C(O)C(=O)O.[Ru].c1cnc2c(c1)ccc1cccnc12.c1cnc2c(c1)ccc1cccnc12. The van der Waals surface area contributed by atoms with Crippen LogP contribution in [0.5, 0.6) is 0 Å². The molecule has 0 saturated carbocycles. The van der Waals surface area contributed by atoms with E-state index in [1.807, 2.05) is 24.3 Å². The molecule has 0 spiro atoms. The second-order valence-corrected chi connectivity index (χ2v) is 7.04. The molecule has 0 saturated heterocycles. The van der Waals surface area contributed by atoms with E-state index in [1.165, 1.54) is 0 Å². The third kappa shape index (κ3) is 5.96. The van der Waals surface area contributed by atoms with Crippen LogP contribution in [0.4, 0.5) is 0 Å². The molecule has 0 bridgehead atoms. The summed E-state index contributed by atoms with van der Waals surface area (Å²) in [7, 11) is 0. The van der Waals surface area contributed by atoms with Crippen LogP contribution in [0.25, 0.3) is 43.6 Å². The molecule has 35 heavy (non-hydrogen) atoms. The Kier molecular flexibility index (Phi) is 8.43. The smallest absolute Gasteiger partial charge is 0.414 e. The minimum atomic E-state index is -1.82. The summed E-state index contributed by atoms with van der Waals surface area (Å²) in [4.78, 5) is 35.6. The third-order valence-electron chi connectivity index (χ3n) is 4.87. The van der Waals surface area contributed by atoms with E-state index in [1.54, 1.807) is 24.8 Å². The molecule has 4 aromatic heterocycles. The van der Waals surface area contributed by atoms with Gasteiger partial charge in [-0.05, 0) is 24.3 Å². The van der Waals surface area contributed by atoms with Crippen LogP contribution < -0.4 is 0 Å². The zero-order chi connectivity index (χ0) is 23.9. The van der Waals surface area contributed by atoms with Crippen LogP contribution in [0.2, 0.25) is 0 Å². The normalized spacial score (nSPS) is 9.94. The van der Waals surface area contributed by atoms with Gasteiger partial charge in [-0.25, -0.2) is 9.59 Å². The second-order valence-electron chi connectivity index (χ2n) is 7.04. The summed E-state index contributed by atoms with van der Waals surface area (Å²) in [6.07, 6.45) is 7.21. The van der Waals surface area contributed by atoms with Crippen molar-refractivity contribution in [2.24, 2.45) is 0 Å². The minimum absolute atomic E-state index is 0. The van der Waals surface area contributed by atoms with Gasteiger partial charge in [0.05, 0.1) is 22.1 Å². The Labute approximate surface area is 212 Å². The molecule has 9 heteroatoms. The van der Waals surface area contributed by atoms with E-state index in [9.17, 15) is 0 Å². The fraction of sp³-hybridized carbons (Fsp3) is 0. The van der Waals surface area contributed by atoms with Crippen LogP contribution >= 0.6 is 0 Å². The predicted molar refractivity (Wildman–Crippen MR) is 129 cm³/mol. The summed E-state index contributed by atoms with van der Waals surface area (Å²) in [6.45, 7) is 0. The van der Waals surface area contributed by atoms with Gasteiger partial charge in [0.25, 0.3) is 0 Å². The predicted octanol–water partition coefficient (Wildman–Crippen LogP) is 4.72. The van der Waals surface area contributed by atoms with Crippen LogP contribution in [0, 0.1) is 0 Å². The number of carboxylic acids is 2. The molecule has 0 aliphatic rings. The molecule has 6 aromatic rings. The Balaban J connectivity index is 0.000000157. The van der Waals surface area contributed by atoms with Gasteiger partial charge in [0.15, 0.2) is 0 Å². The number of pyridine rings is 4. The van der Waals surface area contributed by atoms with Crippen molar-refractivity contribution >= 4 is 55.6 Å². The standard InChI is InChI=1S/2C12H8N2.C2H2O4.Ru/c2*1-3-9-5-6-10-4-2-8-14-12(10)11(9)13-7-1;3-1(4)2(5)6;/h2*1-8H;(H,3,4)(H,5,6);. The summed E-state index contributed by atoms with van der Waals surface area (Å²) in [6, 6.07) is 24.3. The average molecular weight is 552 g/mol. The number of nitrogens with zero attached hydrogens (tertiary/aromatic N) is 4. The van der Waals surface area contributed by atoms with Gasteiger partial charge in [0.2, 0.25) is 0 Å². The van der Waals surface area contributed by atoms with Crippen molar-refractivity contribution < 1.29 is 39.3 Å². The molecule has 8 nitrogen and oxygen atoms in total. The summed E-state index contributed by atoms with van der Waals surface area (Å²) in [5.41, 5.74) is 3.91.